The number of alkyl halides is 2. The summed E-state index contributed by atoms with van der Waals surface area (Å²) in [5, 5.41) is 8.81. The fourth-order valence-corrected chi connectivity index (χ4v) is 1.85. The summed E-state index contributed by atoms with van der Waals surface area (Å²) in [5.74, 6) is -0.829. The Kier molecular flexibility index (Phi) is 7.18. The standard InChI is InChI=1S/C14H19F3N2O2/c1-18(8-11-4-2-3-5-12(11)15)14(21)10-19(6-7-20)9-13(16)17/h2-5,13,20H,6-10H2,1H3. The van der Waals surface area contributed by atoms with Crippen LogP contribution in [0.5, 0.6) is 0 Å². The van der Waals surface area contributed by atoms with Gasteiger partial charge in [0.15, 0.2) is 0 Å². The number of hydrogen-bond acceptors (Lipinski definition) is 3. The average molecular weight is 304 g/mol. The zero-order chi connectivity index (χ0) is 15.8. The van der Waals surface area contributed by atoms with Crippen LogP contribution in [0.25, 0.3) is 0 Å². The van der Waals surface area contributed by atoms with E-state index < -0.39 is 24.7 Å². The van der Waals surface area contributed by atoms with Gasteiger partial charge in [-0.05, 0) is 6.07 Å². The third-order valence-electron chi connectivity index (χ3n) is 2.96. The van der Waals surface area contributed by atoms with Gasteiger partial charge in [0.2, 0.25) is 5.91 Å². The number of amides is 1. The zero-order valence-corrected chi connectivity index (χ0v) is 11.8. The zero-order valence-electron chi connectivity index (χ0n) is 11.8. The van der Waals surface area contributed by atoms with E-state index in [2.05, 4.69) is 0 Å². The van der Waals surface area contributed by atoms with Gasteiger partial charge in [-0.25, -0.2) is 13.2 Å². The van der Waals surface area contributed by atoms with Gasteiger partial charge in [-0.15, -0.1) is 0 Å². The van der Waals surface area contributed by atoms with E-state index in [0.717, 1.165) is 0 Å². The number of halogens is 3. The molecule has 1 aromatic rings. The fraction of sp³-hybridized carbons (Fsp3) is 0.500. The van der Waals surface area contributed by atoms with Crippen molar-refractivity contribution in [2.24, 2.45) is 0 Å². The molecule has 21 heavy (non-hydrogen) atoms. The lowest BCUT2D eigenvalue weighted by molar-refractivity contribution is -0.132. The minimum absolute atomic E-state index is 0.0103. The maximum Gasteiger partial charge on any atom is 0.251 e. The second kappa shape index (κ2) is 8.63. The van der Waals surface area contributed by atoms with Crippen molar-refractivity contribution in [2.75, 3.05) is 33.3 Å². The molecule has 0 aliphatic rings. The molecule has 7 heteroatoms. The molecule has 0 aliphatic heterocycles. The normalized spacial score (nSPS) is 11.2. The molecule has 1 rings (SSSR count). The molecule has 0 unspecified atom stereocenters. The predicted molar refractivity (Wildman–Crippen MR) is 72.4 cm³/mol. The lowest BCUT2D eigenvalue weighted by atomic mass is 10.2. The summed E-state index contributed by atoms with van der Waals surface area (Å²) >= 11 is 0. The Balaban J connectivity index is 2.58. The molecule has 0 heterocycles. The van der Waals surface area contributed by atoms with Gasteiger partial charge in [-0.1, -0.05) is 18.2 Å². The summed E-state index contributed by atoms with van der Waals surface area (Å²) in [6.07, 6.45) is -2.58. The number of rotatable bonds is 8. The first-order valence-electron chi connectivity index (χ1n) is 6.52. The molecule has 4 nitrogen and oxygen atoms in total. The van der Waals surface area contributed by atoms with Crippen molar-refractivity contribution in [2.45, 2.75) is 13.0 Å². The van der Waals surface area contributed by atoms with Crippen LogP contribution in [0.15, 0.2) is 24.3 Å². The van der Waals surface area contributed by atoms with Crippen LogP contribution in [0.1, 0.15) is 5.56 Å². The van der Waals surface area contributed by atoms with Crippen LogP contribution in [0.3, 0.4) is 0 Å². The van der Waals surface area contributed by atoms with E-state index in [1.807, 2.05) is 0 Å². The van der Waals surface area contributed by atoms with Crippen LogP contribution in [-0.4, -0.2) is 60.5 Å². The highest BCUT2D eigenvalue weighted by Gasteiger charge is 2.18. The summed E-state index contributed by atoms with van der Waals surface area (Å²) < 4.78 is 38.2. The molecule has 0 atom stereocenters. The molecule has 0 saturated heterocycles. The number of likely N-dealkylation sites (N-methyl/N-ethyl adjacent to an activating group) is 1. The van der Waals surface area contributed by atoms with Gasteiger partial charge in [-0.3, -0.25) is 9.69 Å². The number of aliphatic hydroxyl groups is 1. The van der Waals surface area contributed by atoms with Crippen molar-refractivity contribution in [3.05, 3.63) is 35.6 Å². The average Bonchev–Trinajstić information content (AvgIpc) is 2.40. The topological polar surface area (TPSA) is 43.8 Å². The lowest BCUT2D eigenvalue weighted by Crippen LogP contribution is -2.41. The lowest BCUT2D eigenvalue weighted by Gasteiger charge is -2.24. The first-order chi connectivity index (χ1) is 9.93. The highest BCUT2D eigenvalue weighted by atomic mass is 19.3. The van der Waals surface area contributed by atoms with E-state index in [-0.39, 0.29) is 26.2 Å². The minimum atomic E-state index is -2.58. The second-order valence-electron chi connectivity index (χ2n) is 4.69. The molecule has 1 N–H and O–H groups in total. The second-order valence-corrected chi connectivity index (χ2v) is 4.69. The van der Waals surface area contributed by atoms with Gasteiger partial charge in [0.25, 0.3) is 6.43 Å². The number of hydrogen-bond donors (Lipinski definition) is 1. The van der Waals surface area contributed by atoms with Crippen LogP contribution in [0, 0.1) is 5.82 Å². The van der Waals surface area contributed by atoms with Gasteiger partial charge in [0, 0.05) is 25.7 Å². The van der Waals surface area contributed by atoms with Gasteiger partial charge in [0.05, 0.1) is 19.7 Å². The molecule has 1 amide bonds. The Labute approximate surface area is 121 Å². The highest BCUT2D eigenvalue weighted by Crippen LogP contribution is 2.09. The molecule has 0 aromatic heterocycles. The number of carbonyl (C=O) groups is 1. The van der Waals surface area contributed by atoms with E-state index in [1.165, 1.54) is 22.9 Å². The monoisotopic (exact) mass is 304 g/mol. The maximum atomic E-state index is 13.5. The van der Waals surface area contributed by atoms with Crippen LogP contribution >= 0.6 is 0 Å². The van der Waals surface area contributed by atoms with Crippen molar-refractivity contribution in [1.29, 1.82) is 0 Å². The predicted octanol–water partition coefficient (Wildman–Crippen LogP) is 1.34. The molecule has 0 aliphatic carbocycles. The Morgan fingerprint density at radius 2 is 2.00 bits per heavy atom. The summed E-state index contributed by atoms with van der Waals surface area (Å²) in [6.45, 7) is -1.08. The molecular formula is C14H19F3N2O2. The summed E-state index contributed by atoms with van der Waals surface area (Å²) in [6, 6.07) is 6.06. The molecule has 0 bridgehead atoms. The highest BCUT2D eigenvalue weighted by molar-refractivity contribution is 5.78. The smallest absolute Gasteiger partial charge is 0.251 e. The number of benzene rings is 1. The quantitative estimate of drug-likeness (QED) is 0.788. The van der Waals surface area contributed by atoms with Gasteiger partial charge in [-0.2, -0.15) is 0 Å². The third-order valence-corrected chi connectivity index (χ3v) is 2.96. The minimum Gasteiger partial charge on any atom is -0.395 e. The Morgan fingerprint density at radius 3 is 2.57 bits per heavy atom. The van der Waals surface area contributed by atoms with Crippen LogP contribution in [-0.2, 0) is 11.3 Å². The Hall–Kier alpha value is -1.60. The molecule has 1 aromatic carbocycles. The summed E-state index contributed by atoms with van der Waals surface area (Å²) in [7, 11) is 1.48. The van der Waals surface area contributed by atoms with E-state index in [9.17, 15) is 18.0 Å². The van der Waals surface area contributed by atoms with Crippen molar-refractivity contribution in [3.63, 3.8) is 0 Å². The van der Waals surface area contributed by atoms with Crippen molar-refractivity contribution >= 4 is 5.91 Å². The number of carbonyl (C=O) groups excluding carboxylic acids is 1. The Bertz CT molecular complexity index is 458. The van der Waals surface area contributed by atoms with Gasteiger partial charge in [0.1, 0.15) is 5.82 Å². The summed E-state index contributed by atoms with van der Waals surface area (Å²) in [5.41, 5.74) is 0.357. The fourth-order valence-electron chi connectivity index (χ4n) is 1.85. The van der Waals surface area contributed by atoms with Crippen molar-refractivity contribution < 1.29 is 23.1 Å². The van der Waals surface area contributed by atoms with Gasteiger partial charge < -0.3 is 10.0 Å². The first kappa shape index (κ1) is 17.5. The van der Waals surface area contributed by atoms with Crippen LogP contribution in [0.4, 0.5) is 13.2 Å². The van der Waals surface area contributed by atoms with E-state index in [0.29, 0.717) is 5.56 Å². The largest absolute Gasteiger partial charge is 0.395 e. The van der Waals surface area contributed by atoms with Crippen LogP contribution < -0.4 is 0 Å². The summed E-state index contributed by atoms with van der Waals surface area (Å²) in [4.78, 5) is 14.4. The third kappa shape index (κ3) is 6.14. The molecule has 0 spiro atoms. The molecule has 0 radical (unpaired) electrons. The maximum absolute atomic E-state index is 13.5. The van der Waals surface area contributed by atoms with Gasteiger partial charge >= 0.3 is 0 Å². The molecule has 0 fully saturated rings. The molecule has 0 saturated carbocycles. The molecular weight excluding hydrogens is 285 g/mol. The molecule has 118 valence electrons. The number of aliphatic hydroxyl groups excluding tert-OH is 1. The van der Waals surface area contributed by atoms with Crippen molar-refractivity contribution in [3.8, 4) is 0 Å². The van der Waals surface area contributed by atoms with E-state index >= 15 is 0 Å². The van der Waals surface area contributed by atoms with Crippen molar-refractivity contribution in [1.82, 2.24) is 9.80 Å². The first-order valence-corrected chi connectivity index (χ1v) is 6.52. The Morgan fingerprint density at radius 1 is 1.33 bits per heavy atom. The van der Waals surface area contributed by atoms with E-state index in [1.54, 1.807) is 18.2 Å². The van der Waals surface area contributed by atoms with Crippen LogP contribution in [0.2, 0.25) is 0 Å². The number of nitrogens with zero attached hydrogens (tertiary/aromatic N) is 2. The van der Waals surface area contributed by atoms with E-state index in [4.69, 9.17) is 5.11 Å². The SMILES string of the molecule is CN(Cc1ccccc1F)C(=O)CN(CCO)CC(F)F.